The number of aliphatic hydroxyl groups excluding tert-OH is 1. The molecule has 10 nitrogen and oxygen atoms in total. The van der Waals surface area contributed by atoms with Crippen LogP contribution in [0, 0.1) is 0 Å². The highest BCUT2D eigenvalue weighted by Crippen LogP contribution is 2.38. The number of likely N-dealkylation sites (N-methyl/N-ethyl adjacent to an activating group) is 1. The summed E-state index contributed by atoms with van der Waals surface area (Å²) in [6, 6.07) is 0. The van der Waals surface area contributed by atoms with Crippen molar-refractivity contribution in [2.75, 3.05) is 54.1 Å². The number of esters is 2. The quantitative estimate of drug-likeness (QED) is 0.0210. The monoisotopic (exact) mass is 826 g/mol. The molecule has 0 aliphatic rings. The summed E-state index contributed by atoms with van der Waals surface area (Å²) in [7, 11) is 1.12. The molecule has 0 spiro atoms. The van der Waals surface area contributed by atoms with Gasteiger partial charge in [0.25, 0.3) is 7.82 Å². The third-order valence-electron chi connectivity index (χ3n) is 9.41. The van der Waals surface area contributed by atoms with Crippen LogP contribution < -0.4 is 4.89 Å². The Labute approximate surface area is 348 Å². The van der Waals surface area contributed by atoms with E-state index in [9.17, 15) is 19.0 Å². The second-order valence-corrected chi connectivity index (χ2v) is 17.6. The van der Waals surface area contributed by atoms with E-state index in [4.69, 9.17) is 23.6 Å². The van der Waals surface area contributed by atoms with Crippen molar-refractivity contribution in [2.24, 2.45) is 0 Å². The summed E-state index contributed by atoms with van der Waals surface area (Å²) in [6.07, 6.45) is 43.0. The maximum absolute atomic E-state index is 12.7. The molecular weight excluding hydrogens is 741 g/mol. The minimum Gasteiger partial charge on any atom is -0.756 e. The summed E-state index contributed by atoms with van der Waals surface area (Å²) in [4.78, 5) is 37.5. The average molecular weight is 826 g/mol. The molecule has 1 N–H and O–H groups in total. The molecule has 0 radical (unpaired) electrons. The number of aliphatic hydroxyl groups is 1. The highest BCUT2D eigenvalue weighted by molar-refractivity contribution is 7.45. The summed E-state index contributed by atoms with van der Waals surface area (Å²) < 4.78 is 33.8. The summed E-state index contributed by atoms with van der Waals surface area (Å²) in [5.41, 5.74) is 0. The van der Waals surface area contributed by atoms with E-state index in [0.717, 1.165) is 70.6 Å². The van der Waals surface area contributed by atoms with Gasteiger partial charge in [-0.2, -0.15) is 0 Å². The van der Waals surface area contributed by atoms with Gasteiger partial charge in [-0.3, -0.25) is 14.2 Å². The van der Waals surface area contributed by atoms with E-state index < -0.39 is 32.5 Å². The zero-order valence-electron chi connectivity index (χ0n) is 36.7. The molecule has 1 unspecified atom stereocenters. The first kappa shape index (κ1) is 54.9. The molecule has 0 bridgehead atoms. The predicted molar refractivity (Wildman–Crippen MR) is 233 cm³/mol. The number of phosphoric ester groups is 1. The van der Waals surface area contributed by atoms with Crippen LogP contribution in [0.5, 0.6) is 0 Å². The van der Waals surface area contributed by atoms with Crippen molar-refractivity contribution in [3.8, 4) is 0 Å². The van der Waals surface area contributed by atoms with Gasteiger partial charge in [-0.25, -0.2) is 0 Å². The standard InChI is InChI=1S/C46H84NO9P/c1-5-6-7-8-9-10-11-12-16-20-23-26-29-32-35-38-46(50)56-44(43-55-57(51,52)54-41-39-47(2,3)4)42-53-45(49)37-34-31-28-25-22-19-17-14-13-15-18-21-24-27-30-33-36-40-48/h13,15,17,19,21,24-25,28,44,48H,5-12,14,16,18,20,22-23,26-27,29-43H2,1-4H3/b15-13-,19-17-,24-21-,28-25-/t44-/m1/s1. The zero-order chi connectivity index (χ0) is 42.1. The fourth-order valence-electron chi connectivity index (χ4n) is 5.86. The molecule has 0 aromatic carbocycles. The number of quaternary nitrogens is 1. The Morgan fingerprint density at radius 2 is 1.05 bits per heavy atom. The molecule has 2 atom stereocenters. The Kier molecular flexibility index (Phi) is 38.0. The first-order valence-electron chi connectivity index (χ1n) is 22.5. The molecule has 0 aliphatic carbocycles. The molecule has 0 amide bonds. The number of phosphoric acid groups is 1. The summed E-state index contributed by atoms with van der Waals surface area (Å²) in [6.45, 7) is 2.17. The first-order valence-corrected chi connectivity index (χ1v) is 23.9. The molecule has 0 rings (SSSR count). The Bertz CT molecular complexity index is 1120. The van der Waals surface area contributed by atoms with E-state index in [-0.39, 0.29) is 32.7 Å². The fraction of sp³-hybridized carbons (Fsp3) is 0.783. The van der Waals surface area contributed by atoms with Gasteiger partial charge in [0, 0.05) is 19.4 Å². The Morgan fingerprint density at radius 1 is 0.596 bits per heavy atom. The minimum absolute atomic E-state index is 0.0440. The summed E-state index contributed by atoms with van der Waals surface area (Å²) in [5, 5.41) is 8.80. The molecule has 0 aliphatic heterocycles. The molecule has 57 heavy (non-hydrogen) atoms. The molecule has 0 saturated carbocycles. The van der Waals surface area contributed by atoms with Gasteiger partial charge in [0.1, 0.15) is 19.8 Å². The van der Waals surface area contributed by atoms with Crippen molar-refractivity contribution in [1.29, 1.82) is 0 Å². The molecule has 0 fully saturated rings. The average Bonchev–Trinajstić information content (AvgIpc) is 3.16. The molecule has 332 valence electrons. The molecule has 0 aromatic rings. The van der Waals surface area contributed by atoms with Crippen molar-refractivity contribution in [3.63, 3.8) is 0 Å². The largest absolute Gasteiger partial charge is 0.756 e. The number of carbonyl (C=O) groups is 2. The predicted octanol–water partition coefficient (Wildman–Crippen LogP) is 11.0. The van der Waals surface area contributed by atoms with Crippen LogP contribution in [0.15, 0.2) is 48.6 Å². The number of nitrogens with zero attached hydrogens (tertiary/aromatic N) is 1. The molecular formula is C46H84NO9P. The maximum Gasteiger partial charge on any atom is 0.306 e. The lowest BCUT2D eigenvalue weighted by molar-refractivity contribution is -0.870. The van der Waals surface area contributed by atoms with Gasteiger partial charge in [0.2, 0.25) is 0 Å². The number of hydrogen-bond donors (Lipinski definition) is 1. The zero-order valence-corrected chi connectivity index (χ0v) is 37.6. The minimum atomic E-state index is -4.64. The Hall–Kier alpha value is -2.07. The van der Waals surface area contributed by atoms with Crippen LogP contribution in [-0.2, 0) is 32.7 Å². The Balaban J connectivity index is 4.43. The van der Waals surface area contributed by atoms with E-state index >= 15 is 0 Å². The van der Waals surface area contributed by atoms with Crippen molar-refractivity contribution >= 4 is 19.8 Å². The van der Waals surface area contributed by atoms with Gasteiger partial charge >= 0.3 is 11.9 Å². The van der Waals surface area contributed by atoms with Crippen molar-refractivity contribution < 1.29 is 47.2 Å². The van der Waals surface area contributed by atoms with Crippen molar-refractivity contribution in [2.45, 2.75) is 180 Å². The van der Waals surface area contributed by atoms with E-state index in [1.165, 1.54) is 70.6 Å². The van der Waals surface area contributed by atoms with E-state index in [0.29, 0.717) is 23.9 Å². The highest BCUT2D eigenvalue weighted by atomic mass is 31.2. The Morgan fingerprint density at radius 3 is 1.56 bits per heavy atom. The van der Waals surface area contributed by atoms with Gasteiger partial charge < -0.3 is 33.0 Å². The molecule has 0 heterocycles. The van der Waals surface area contributed by atoms with Gasteiger partial charge in [-0.15, -0.1) is 0 Å². The number of allylic oxidation sites excluding steroid dienone is 8. The number of hydrogen-bond acceptors (Lipinski definition) is 9. The maximum atomic E-state index is 12.7. The lowest BCUT2D eigenvalue weighted by atomic mass is 10.0. The third kappa shape index (κ3) is 43.3. The highest BCUT2D eigenvalue weighted by Gasteiger charge is 2.21. The SMILES string of the molecule is CCCCCCCCCCCCCCCCCC(=O)O[C@H](COC(=O)CCC/C=C\C/C=C\C/C=C\C/C=C\CCCCCO)COP(=O)([O-])OCC[N+](C)(C)C. The summed E-state index contributed by atoms with van der Waals surface area (Å²) >= 11 is 0. The van der Waals surface area contributed by atoms with Gasteiger partial charge in [-0.05, 0) is 57.8 Å². The first-order chi connectivity index (χ1) is 27.5. The number of rotatable bonds is 41. The van der Waals surface area contributed by atoms with E-state index in [1.807, 2.05) is 27.2 Å². The second kappa shape index (κ2) is 39.4. The second-order valence-electron chi connectivity index (χ2n) is 16.1. The lowest BCUT2D eigenvalue weighted by Crippen LogP contribution is -2.37. The van der Waals surface area contributed by atoms with Gasteiger partial charge in [-0.1, -0.05) is 152 Å². The topological polar surface area (TPSA) is 131 Å². The van der Waals surface area contributed by atoms with Crippen LogP contribution in [0.25, 0.3) is 0 Å². The number of ether oxygens (including phenoxy) is 2. The molecule has 11 heteroatoms. The van der Waals surface area contributed by atoms with Crippen LogP contribution in [0.4, 0.5) is 0 Å². The van der Waals surface area contributed by atoms with Gasteiger partial charge in [0.05, 0.1) is 27.7 Å². The van der Waals surface area contributed by atoms with Crippen LogP contribution in [-0.4, -0.2) is 81.7 Å². The van der Waals surface area contributed by atoms with Crippen molar-refractivity contribution in [1.82, 2.24) is 0 Å². The molecule has 0 aromatic heterocycles. The van der Waals surface area contributed by atoms with E-state index in [2.05, 4.69) is 49.5 Å². The fourth-order valence-corrected chi connectivity index (χ4v) is 6.59. The van der Waals surface area contributed by atoms with Crippen LogP contribution in [0.2, 0.25) is 0 Å². The van der Waals surface area contributed by atoms with Crippen LogP contribution >= 0.6 is 7.82 Å². The lowest BCUT2D eigenvalue weighted by Gasteiger charge is -2.28. The summed E-state index contributed by atoms with van der Waals surface area (Å²) in [5.74, 6) is -0.912. The normalized spacial score (nSPS) is 14.0. The number of unbranched alkanes of at least 4 members (excludes halogenated alkanes) is 18. The number of carbonyl (C=O) groups excluding carboxylic acids is 2. The third-order valence-corrected chi connectivity index (χ3v) is 10.4. The van der Waals surface area contributed by atoms with Crippen LogP contribution in [0.1, 0.15) is 174 Å². The van der Waals surface area contributed by atoms with Gasteiger partial charge in [0.15, 0.2) is 6.10 Å². The van der Waals surface area contributed by atoms with Crippen molar-refractivity contribution in [3.05, 3.63) is 48.6 Å². The van der Waals surface area contributed by atoms with E-state index in [1.54, 1.807) is 0 Å². The smallest absolute Gasteiger partial charge is 0.306 e. The van der Waals surface area contributed by atoms with Crippen LogP contribution in [0.3, 0.4) is 0 Å². The molecule has 0 saturated heterocycles.